The van der Waals surface area contributed by atoms with Gasteiger partial charge in [0, 0.05) is 12.3 Å². The quantitative estimate of drug-likeness (QED) is 0.778. The number of nitrogens with one attached hydrogen (secondary N) is 1. The minimum Gasteiger partial charge on any atom is -0.497 e. The Balaban J connectivity index is 1.79. The summed E-state index contributed by atoms with van der Waals surface area (Å²) >= 11 is 0. The van der Waals surface area contributed by atoms with Crippen LogP contribution in [0.4, 0.5) is 5.69 Å². The number of rotatable bonds is 5. The fraction of sp³-hybridized carbons (Fsp3) is 0.0588. The molecule has 3 rings (SSSR count). The first-order valence-corrected chi connectivity index (χ1v) is 7.17. The Labute approximate surface area is 138 Å². The van der Waals surface area contributed by atoms with Crippen molar-refractivity contribution >= 4 is 11.8 Å². The summed E-state index contributed by atoms with van der Waals surface area (Å²) in [6, 6.07) is 16.8. The van der Waals surface area contributed by atoms with Gasteiger partial charge in [0.15, 0.2) is 5.82 Å². The van der Waals surface area contributed by atoms with Crippen LogP contribution in [0.2, 0.25) is 0 Å². The Hall–Kier alpha value is -3.66. The first-order valence-electron chi connectivity index (χ1n) is 7.17. The van der Waals surface area contributed by atoms with Crippen LogP contribution < -0.4 is 10.1 Å². The average molecular weight is 318 g/mol. The molecule has 0 fully saturated rings. The molecule has 0 atom stereocenters. The van der Waals surface area contributed by atoms with E-state index >= 15 is 0 Å². The zero-order valence-corrected chi connectivity index (χ0v) is 12.9. The van der Waals surface area contributed by atoms with Gasteiger partial charge in [-0.2, -0.15) is 9.94 Å². The van der Waals surface area contributed by atoms with Crippen LogP contribution in [0.1, 0.15) is 11.4 Å². The molecule has 0 spiro atoms. The van der Waals surface area contributed by atoms with Crippen LogP contribution in [-0.2, 0) is 0 Å². The van der Waals surface area contributed by atoms with Gasteiger partial charge in [-0.3, -0.25) is 0 Å². The predicted octanol–water partition coefficient (Wildman–Crippen LogP) is 2.63. The van der Waals surface area contributed by atoms with E-state index in [2.05, 4.69) is 26.9 Å². The smallest absolute Gasteiger partial charge is 0.181 e. The molecule has 0 saturated carbocycles. The van der Waals surface area contributed by atoms with E-state index in [1.54, 1.807) is 30.1 Å². The summed E-state index contributed by atoms with van der Waals surface area (Å²) in [7, 11) is 1.62. The highest BCUT2D eigenvalue weighted by atomic mass is 16.5. The third kappa shape index (κ3) is 3.23. The second kappa shape index (κ2) is 7.07. The molecule has 7 nitrogen and oxygen atoms in total. The van der Waals surface area contributed by atoms with Gasteiger partial charge in [0.2, 0.25) is 0 Å². The normalized spacial score (nSPS) is 10.5. The van der Waals surface area contributed by atoms with Crippen LogP contribution in [0, 0.1) is 11.3 Å². The molecule has 2 aromatic carbocycles. The number of nitrogens with zero attached hydrogens (tertiary/aromatic N) is 5. The number of nitriles is 1. The van der Waals surface area contributed by atoms with Gasteiger partial charge >= 0.3 is 0 Å². The van der Waals surface area contributed by atoms with Gasteiger partial charge in [0.1, 0.15) is 11.8 Å². The van der Waals surface area contributed by atoms with E-state index in [0.29, 0.717) is 11.4 Å². The van der Waals surface area contributed by atoms with Gasteiger partial charge in [0.05, 0.1) is 24.0 Å². The van der Waals surface area contributed by atoms with Gasteiger partial charge in [-0.15, -0.1) is 5.10 Å². The lowest BCUT2D eigenvalue weighted by atomic mass is 10.2. The molecule has 7 heteroatoms. The lowest BCUT2D eigenvalue weighted by molar-refractivity contribution is 0.414. The number of para-hydroxylation sites is 1. The van der Waals surface area contributed by atoms with Crippen molar-refractivity contribution in [3.63, 3.8) is 0 Å². The Morgan fingerprint density at radius 3 is 2.71 bits per heavy atom. The Morgan fingerprint density at radius 1 is 1.17 bits per heavy atom. The largest absolute Gasteiger partial charge is 0.497 e. The van der Waals surface area contributed by atoms with E-state index < -0.39 is 0 Å². The molecule has 0 radical (unpaired) electrons. The molecule has 0 aliphatic heterocycles. The molecule has 118 valence electrons. The average Bonchev–Trinajstić information content (AvgIpc) is 3.10. The standard InChI is InChI=1S/C17H14N6O/c1-24-15-8-6-14(7-9-15)23-17(20-21-22-23)10-11-19-16-5-3-2-4-13(16)12-18/h2-11,19H,1H3. The second-order valence-corrected chi connectivity index (χ2v) is 4.78. The highest BCUT2D eigenvalue weighted by Crippen LogP contribution is 2.16. The molecule has 1 N–H and O–H groups in total. The van der Waals surface area contributed by atoms with Gasteiger partial charge in [-0.1, -0.05) is 12.1 Å². The van der Waals surface area contributed by atoms with Crippen molar-refractivity contribution in [3.8, 4) is 17.5 Å². The van der Waals surface area contributed by atoms with Gasteiger partial charge in [-0.25, -0.2) is 0 Å². The van der Waals surface area contributed by atoms with Crippen molar-refractivity contribution in [1.82, 2.24) is 20.2 Å². The van der Waals surface area contributed by atoms with Gasteiger partial charge in [-0.05, 0) is 46.8 Å². The first-order chi connectivity index (χ1) is 11.8. The molecular formula is C17H14N6O. The molecular weight excluding hydrogens is 304 g/mol. The lowest BCUT2D eigenvalue weighted by Crippen LogP contribution is -2.00. The molecule has 0 bridgehead atoms. The number of tetrazole rings is 1. The molecule has 3 aromatic rings. The number of anilines is 1. The van der Waals surface area contributed by atoms with Crippen molar-refractivity contribution in [2.45, 2.75) is 0 Å². The molecule has 0 unspecified atom stereocenters. The second-order valence-electron chi connectivity index (χ2n) is 4.78. The maximum Gasteiger partial charge on any atom is 0.181 e. The van der Waals surface area contributed by atoms with Crippen molar-refractivity contribution in [3.05, 3.63) is 66.1 Å². The minimum absolute atomic E-state index is 0.558. The maximum atomic E-state index is 9.08. The summed E-state index contributed by atoms with van der Waals surface area (Å²) in [5, 5.41) is 23.8. The van der Waals surface area contributed by atoms with Gasteiger partial charge in [0.25, 0.3) is 0 Å². The fourth-order valence-corrected chi connectivity index (χ4v) is 2.12. The Bertz CT molecular complexity index is 892. The van der Waals surface area contributed by atoms with E-state index in [1.807, 2.05) is 42.5 Å². The molecule has 1 heterocycles. The summed E-state index contributed by atoms with van der Waals surface area (Å²) in [5.41, 5.74) is 2.11. The van der Waals surface area contributed by atoms with Crippen molar-refractivity contribution in [2.75, 3.05) is 12.4 Å². The zero-order chi connectivity index (χ0) is 16.8. The Kier molecular flexibility index (Phi) is 4.49. The number of benzene rings is 2. The predicted molar refractivity (Wildman–Crippen MR) is 89.5 cm³/mol. The van der Waals surface area contributed by atoms with Crippen molar-refractivity contribution in [1.29, 1.82) is 5.26 Å². The Morgan fingerprint density at radius 2 is 1.96 bits per heavy atom. The molecule has 0 aliphatic carbocycles. The van der Waals surface area contributed by atoms with E-state index in [0.717, 1.165) is 17.1 Å². The van der Waals surface area contributed by atoms with E-state index in [-0.39, 0.29) is 0 Å². The van der Waals surface area contributed by atoms with Crippen LogP contribution in [0.5, 0.6) is 5.75 Å². The lowest BCUT2D eigenvalue weighted by Gasteiger charge is -2.04. The SMILES string of the molecule is COc1ccc(-n2nnnc2C=CNc2ccccc2C#N)cc1. The highest BCUT2D eigenvalue weighted by Gasteiger charge is 2.05. The molecule has 24 heavy (non-hydrogen) atoms. The molecule has 0 amide bonds. The van der Waals surface area contributed by atoms with E-state index in [9.17, 15) is 0 Å². The van der Waals surface area contributed by atoms with E-state index in [4.69, 9.17) is 10.00 Å². The fourth-order valence-electron chi connectivity index (χ4n) is 2.12. The number of hydrogen-bond donors (Lipinski definition) is 1. The first kappa shape index (κ1) is 15.2. The number of aromatic nitrogens is 4. The minimum atomic E-state index is 0.558. The topological polar surface area (TPSA) is 88.7 Å². The van der Waals surface area contributed by atoms with Crippen molar-refractivity contribution in [2.24, 2.45) is 0 Å². The summed E-state index contributed by atoms with van der Waals surface area (Å²) in [6.07, 6.45) is 3.43. The van der Waals surface area contributed by atoms with Gasteiger partial charge < -0.3 is 10.1 Å². The monoisotopic (exact) mass is 318 g/mol. The summed E-state index contributed by atoms with van der Waals surface area (Å²) in [6.45, 7) is 0. The summed E-state index contributed by atoms with van der Waals surface area (Å²) in [4.78, 5) is 0. The third-order valence-electron chi connectivity index (χ3n) is 3.33. The number of hydrogen-bond acceptors (Lipinski definition) is 6. The molecule has 0 saturated heterocycles. The van der Waals surface area contributed by atoms with Crippen LogP contribution >= 0.6 is 0 Å². The summed E-state index contributed by atoms with van der Waals surface area (Å²) in [5.74, 6) is 1.32. The zero-order valence-electron chi connectivity index (χ0n) is 12.9. The van der Waals surface area contributed by atoms with Crippen LogP contribution in [-0.4, -0.2) is 27.3 Å². The third-order valence-corrected chi connectivity index (χ3v) is 3.33. The number of methoxy groups -OCH3 is 1. The van der Waals surface area contributed by atoms with Crippen molar-refractivity contribution < 1.29 is 4.74 Å². The van der Waals surface area contributed by atoms with Crippen LogP contribution in [0.3, 0.4) is 0 Å². The highest BCUT2D eigenvalue weighted by molar-refractivity contribution is 5.60. The van der Waals surface area contributed by atoms with Crippen LogP contribution in [0.15, 0.2) is 54.7 Å². The maximum absolute atomic E-state index is 9.08. The molecule has 0 aliphatic rings. The number of ether oxygens (including phenoxy) is 1. The summed E-state index contributed by atoms with van der Waals surface area (Å²) < 4.78 is 6.75. The molecule has 1 aromatic heterocycles. The van der Waals surface area contributed by atoms with E-state index in [1.165, 1.54) is 0 Å². The van der Waals surface area contributed by atoms with Crippen LogP contribution in [0.25, 0.3) is 11.8 Å².